The van der Waals surface area contributed by atoms with E-state index in [4.69, 9.17) is 16.0 Å². The molecule has 0 atom stereocenters. The summed E-state index contributed by atoms with van der Waals surface area (Å²) >= 11 is 5.91. The molecule has 132 valence electrons. The van der Waals surface area contributed by atoms with Gasteiger partial charge in [0.15, 0.2) is 12.2 Å². The van der Waals surface area contributed by atoms with E-state index in [9.17, 15) is 4.39 Å². The first-order valence-corrected chi connectivity index (χ1v) is 8.63. The zero-order chi connectivity index (χ0) is 18.3. The van der Waals surface area contributed by atoms with Gasteiger partial charge in [0.1, 0.15) is 17.0 Å². The van der Waals surface area contributed by atoms with Crippen molar-refractivity contribution in [3.63, 3.8) is 0 Å². The first-order valence-electron chi connectivity index (χ1n) is 8.25. The Kier molecular flexibility index (Phi) is 4.20. The molecule has 0 saturated carbocycles. The van der Waals surface area contributed by atoms with Crippen LogP contribution < -0.4 is 0 Å². The van der Waals surface area contributed by atoms with Crippen molar-refractivity contribution >= 4 is 22.6 Å². The van der Waals surface area contributed by atoms with Crippen LogP contribution in [0.3, 0.4) is 0 Å². The molecule has 0 amide bonds. The number of nitrogens with zero attached hydrogens (tertiary/aromatic N) is 4. The van der Waals surface area contributed by atoms with Gasteiger partial charge in [0.05, 0.1) is 10.5 Å². The van der Waals surface area contributed by atoms with E-state index in [2.05, 4.69) is 29.1 Å². The Hall–Kier alpha value is -2.73. The van der Waals surface area contributed by atoms with E-state index in [0.29, 0.717) is 22.9 Å². The molecule has 0 N–H and O–H groups in total. The highest BCUT2D eigenvalue weighted by Gasteiger charge is 2.16. The van der Waals surface area contributed by atoms with Gasteiger partial charge in [0.25, 0.3) is 0 Å². The molecule has 0 unspecified atom stereocenters. The second-order valence-corrected chi connectivity index (χ2v) is 6.94. The number of fused-ring (bicyclic) bond motifs is 1. The fraction of sp³-hybridized carbons (Fsp3) is 0.211. The molecule has 0 aliphatic heterocycles. The molecule has 0 spiro atoms. The van der Waals surface area contributed by atoms with Crippen molar-refractivity contribution in [2.45, 2.75) is 20.4 Å². The van der Waals surface area contributed by atoms with Crippen LogP contribution in [0.4, 0.5) is 4.39 Å². The number of aromatic nitrogens is 4. The van der Waals surface area contributed by atoms with Crippen LogP contribution in [0.5, 0.6) is 0 Å². The molecule has 2 aromatic heterocycles. The van der Waals surface area contributed by atoms with Crippen LogP contribution in [0, 0.1) is 11.7 Å². The Morgan fingerprint density at radius 3 is 2.73 bits per heavy atom. The lowest BCUT2D eigenvalue weighted by Gasteiger charge is -2.06. The summed E-state index contributed by atoms with van der Waals surface area (Å²) in [6, 6.07) is 10.3. The summed E-state index contributed by atoms with van der Waals surface area (Å²) in [6.45, 7) is 5.03. The predicted octanol–water partition coefficient (Wildman–Crippen LogP) is 5.20. The smallest absolute Gasteiger partial charge is 0.182 e. The molecule has 4 aromatic rings. The van der Waals surface area contributed by atoms with Crippen molar-refractivity contribution in [1.29, 1.82) is 0 Å². The van der Waals surface area contributed by atoms with Crippen LogP contribution in [0.2, 0.25) is 5.02 Å². The quantitative estimate of drug-likeness (QED) is 0.495. The van der Waals surface area contributed by atoms with Gasteiger partial charge in [-0.1, -0.05) is 30.7 Å². The predicted molar refractivity (Wildman–Crippen MR) is 98.3 cm³/mol. The normalized spacial score (nSPS) is 11.6. The summed E-state index contributed by atoms with van der Waals surface area (Å²) in [5.74, 6) is 0.572. The van der Waals surface area contributed by atoms with Crippen LogP contribution in [-0.2, 0) is 6.54 Å². The Morgan fingerprint density at radius 2 is 1.96 bits per heavy atom. The van der Waals surface area contributed by atoms with Crippen molar-refractivity contribution < 1.29 is 8.81 Å². The lowest BCUT2D eigenvalue weighted by Crippen LogP contribution is -2.05. The van der Waals surface area contributed by atoms with Crippen LogP contribution in [0.1, 0.15) is 13.8 Å². The van der Waals surface area contributed by atoms with Crippen molar-refractivity contribution in [3.8, 4) is 22.6 Å². The summed E-state index contributed by atoms with van der Waals surface area (Å²) in [5, 5.41) is 8.47. The Labute approximate surface area is 154 Å². The molecule has 2 heterocycles. The topological polar surface area (TPSA) is 56.7 Å². The zero-order valence-corrected chi connectivity index (χ0v) is 15.0. The highest BCUT2D eigenvalue weighted by Crippen LogP contribution is 2.34. The van der Waals surface area contributed by atoms with Crippen molar-refractivity contribution in [3.05, 3.63) is 53.6 Å². The average molecular weight is 371 g/mol. The summed E-state index contributed by atoms with van der Waals surface area (Å²) < 4.78 is 21.0. The van der Waals surface area contributed by atoms with E-state index in [-0.39, 0.29) is 5.02 Å². The third-order valence-corrected chi connectivity index (χ3v) is 4.36. The Bertz CT molecular complexity index is 1090. The molecule has 0 aliphatic rings. The first-order chi connectivity index (χ1) is 12.5. The molecule has 0 radical (unpaired) electrons. The standard InChI is InChI=1S/C19H16ClFN4O/c1-11(2)9-25-17-8-13(4-6-16(17)23-24-25)19-18(22-10-26-19)12-3-5-15(21)14(20)7-12/h3-8,10-11H,9H2,1-2H3. The van der Waals surface area contributed by atoms with E-state index in [1.807, 2.05) is 22.9 Å². The van der Waals surface area contributed by atoms with Crippen LogP contribution in [-0.4, -0.2) is 20.0 Å². The molecule has 0 bridgehead atoms. The van der Waals surface area contributed by atoms with Crippen LogP contribution in [0.15, 0.2) is 47.2 Å². The minimum Gasteiger partial charge on any atom is -0.443 e. The van der Waals surface area contributed by atoms with E-state index < -0.39 is 5.82 Å². The third-order valence-electron chi connectivity index (χ3n) is 4.07. The van der Waals surface area contributed by atoms with Gasteiger partial charge in [-0.2, -0.15) is 0 Å². The summed E-state index contributed by atoms with van der Waals surface area (Å²) in [4.78, 5) is 4.29. The summed E-state index contributed by atoms with van der Waals surface area (Å²) in [6.07, 6.45) is 1.37. The summed E-state index contributed by atoms with van der Waals surface area (Å²) in [7, 11) is 0. The maximum Gasteiger partial charge on any atom is 0.182 e. The molecule has 0 saturated heterocycles. The second-order valence-electron chi connectivity index (χ2n) is 6.53. The average Bonchev–Trinajstić information content (AvgIpc) is 3.24. The fourth-order valence-corrected chi connectivity index (χ4v) is 3.07. The number of hydrogen-bond acceptors (Lipinski definition) is 4. The molecule has 7 heteroatoms. The number of hydrogen-bond donors (Lipinski definition) is 0. The monoisotopic (exact) mass is 370 g/mol. The lowest BCUT2D eigenvalue weighted by molar-refractivity contribution is 0.483. The van der Waals surface area contributed by atoms with Gasteiger partial charge in [0, 0.05) is 17.7 Å². The highest BCUT2D eigenvalue weighted by molar-refractivity contribution is 6.31. The van der Waals surface area contributed by atoms with E-state index in [1.165, 1.54) is 12.5 Å². The molecule has 0 aliphatic carbocycles. The molecular formula is C19H16ClFN4O. The summed E-state index contributed by atoms with van der Waals surface area (Å²) in [5.41, 5.74) is 3.89. The van der Waals surface area contributed by atoms with Gasteiger partial charge in [-0.3, -0.25) is 0 Å². The Morgan fingerprint density at radius 1 is 1.15 bits per heavy atom. The largest absolute Gasteiger partial charge is 0.443 e. The third kappa shape index (κ3) is 2.97. The number of benzene rings is 2. The number of rotatable bonds is 4. The lowest BCUT2D eigenvalue weighted by atomic mass is 10.1. The van der Waals surface area contributed by atoms with E-state index >= 15 is 0 Å². The molecule has 5 nitrogen and oxygen atoms in total. The van der Waals surface area contributed by atoms with Crippen molar-refractivity contribution in [2.24, 2.45) is 5.92 Å². The SMILES string of the molecule is CC(C)Cn1nnc2ccc(-c3ocnc3-c3ccc(F)c(Cl)c3)cc21. The zero-order valence-electron chi connectivity index (χ0n) is 14.3. The number of halogens is 2. The van der Waals surface area contributed by atoms with Gasteiger partial charge < -0.3 is 4.42 Å². The van der Waals surface area contributed by atoms with Gasteiger partial charge in [0.2, 0.25) is 0 Å². The molecule has 4 rings (SSSR count). The van der Waals surface area contributed by atoms with Gasteiger partial charge >= 0.3 is 0 Å². The minimum absolute atomic E-state index is 0.0473. The Balaban J connectivity index is 1.81. The highest BCUT2D eigenvalue weighted by atomic mass is 35.5. The van der Waals surface area contributed by atoms with Crippen molar-refractivity contribution in [2.75, 3.05) is 0 Å². The minimum atomic E-state index is -0.467. The maximum atomic E-state index is 13.5. The molecule has 26 heavy (non-hydrogen) atoms. The van der Waals surface area contributed by atoms with Gasteiger partial charge in [-0.25, -0.2) is 14.1 Å². The van der Waals surface area contributed by atoms with Gasteiger partial charge in [-0.05, 0) is 42.3 Å². The molecular weight excluding hydrogens is 355 g/mol. The van der Waals surface area contributed by atoms with Gasteiger partial charge in [-0.15, -0.1) is 5.10 Å². The fourth-order valence-electron chi connectivity index (χ4n) is 2.89. The maximum absolute atomic E-state index is 13.5. The molecule has 0 fully saturated rings. The van der Waals surface area contributed by atoms with Crippen molar-refractivity contribution in [1.82, 2.24) is 20.0 Å². The van der Waals surface area contributed by atoms with E-state index in [0.717, 1.165) is 23.1 Å². The second kappa shape index (κ2) is 6.53. The van der Waals surface area contributed by atoms with Crippen LogP contribution in [0.25, 0.3) is 33.6 Å². The van der Waals surface area contributed by atoms with Crippen LogP contribution >= 0.6 is 11.6 Å². The first kappa shape index (κ1) is 16.7. The number of oxazole rings is 1. The molecule has 2 aromatic carbocycles. The van der Waals surface area contributed by atoms with E-state index in [1.54, 1.807) is 12.1 Å².